The van der Waals surface area contributed by atoms with Crippen LogP contribution in [0.2, 0.25) is 0 Å². The van der Waals surface area contributed by atoms with Crippen molar-refractivity contribution in [2.45, 2.75) is 91.3 Å². The van der Waals surface area contributed by atoms with Crippen molar-refractivity contribution < 1.29 is 9.76 Å². The van der Waals surface area contributed by atoms with Crippen LogP contribution in [0.5, 0.6) is 0 Å². The van der Waals surface area contributed by atoms with E-state index in [0.717, 1.165) is 16.9 Å². The maximum atomic E-state index is 10.3. The molecule has 130 valence electrons. The maximum absolute atomic E-state index is 10.3. The minimum absolute atomic E-state index is 0.0121. The molecule has 0 fully saturated rings. The van der Waals surface area contributed by atoms with E-state index in [1.165, 1.54) is 0 Å². The van der Waals surface area contributed by atoms with Gasteiger partial charge in [0.05, 0.1) is 11.2 Å². The molecule has 0 bridgehead atoms. The lowest BCUT2D eigenvalue weighted by atomic mass is 9.78. The number of aliphatic hydroxyl groups is 1. The summed E-state index contributed by atoms with van der Waals surface area (Å²) < 4.78 is 6.04. The van der Waals surface area contributed by atoms with Crippen molar-refractivity contribution in [1.82, 2.24) is 4.98 Å². The van der Waals surface area contributed by atoms with Gasteiger partial charge in [-0.1, -0.05) is 41.5 Å². The highest BCUT2D eigenvalue weighted by Gasteiger charge is 2.36. The first-order chi connectivity index (χ1) is 10.0. The Balaban J connectivity index is 3.17. The molecule has 0 atom stereocenters. The second-order valence-corrected chi connectivity index (χ2v) is 9.60. The molecule has 0 aliphatic rings. The number of hydrogen-bond acceptors (Lipinski definition) is 3. The van der Waals surface area contributed by atoms with Crippen LogP contribution < -0.4 is 5.46 Å². The van der Waals surface area contributed by atoms with E-state index < -0.39 is 11.2 Å². The van der Waals surface area contributed by atoms with E-state index >= 15 is 0 Å². The van der Waals surface area contributed by atoms with Crippen molar-refractivity contribution in [3.05, 3.63) is 23.5 Å². The summed E-state index contributed by atoms with van der Waals surface area (Å²) in [6, 6.07) is 4.24. The fraction of sp³-hybridized carbons (Fsp3) is 0.737. The summed E-state index contributed by atoms with van der Waals surface area (Å²) in [5, 5.41) is 10.3. The second kappa shape index (κ2) is 6.21. The zero-order valence-corrected chi connectivity index (χ0v) is 16.7. The van der Waals surface area contributed by atoms with Crippen molar-refractivity contribution >= 4 is 12.9 Å². The molecule has 0 aliphatic heterocycles. The van der Waals surface area contributed by atoms with E-state index in [-0.39, 0.29) is 10.8 Å². The first-order valence-electron chi connectivity index (χ1n) is 8.42. The molecule has 0 spiro atoms. The smallest absolute Gasteiger partial charge is 0.309 e. The number of pyridine rings is 1. The van der Waals surface area contributed by atoms with Gasteiger partial charge in [-0.25, -0.2) is 0 Å². The van der Waals surface area contributed by atoms with Crippen molar-refractivity contribution in [1.29, 1.82) is 0 Å². The topological polar surface area (TPSA) is 42.4 Å². The van der Waals surface area contributed by atoms with Gasteiger partial charge in [-0.05, 0) is 45.3 Å². The van der Waals surface area contributed by atoms with Gasteiger partial charge in [0.2, 0.25) is 0 Å². The van der Waals surface area contributed by atoms with Crippen LogP contribution in [0.1, 0.15) is 80.6 Å². The molecule has 0 saturated carbocycles. The number of hydrogen-bond donors (Lipinski definition) is 1. The first-order valence-corrected chi connectivity index (χ1v) is 8.42. The van der Waals surface area contributed by atoms with E-state index in [1.54, 1.807) is 13.8 Å². The molecular weight excluding hydrogens is 285 g/mol. The highest BCUT2D eigenvalue weighted by Crippen LogP contribution is 2.26. The summed E-state index contributed by atoms with van der Waals surface area (Å²) >= 11 is 0. The molecule has 0 amide bonds. The van der Waals surface area contributed by atoms with Crippen LogP contribution >= 0.6 is 0 Å². The minimum atomic E-state index is -0.903. The summed E-state index contributed by atoms with van der Waals surface area (Å²) in [5.41, 5.74) is 1.70. The van der Waals surface area contributed by atoms with Crippen LogP contribution in [0, 0.1) is 0 Å². The van der Waals surface area contributed by atoms with Crippen LogP contribution in [-0.2, 0) is 15.5 Å². The highest BCUT2D eigenvalue weighted by molar-refractivity contribution is 6.47. The van der Waals surface area contributed by atoms with Crippen LogP contribution in [0.15, 0.2) is 12.1 Å². The Kier molecular flexibility index (Phi) is 5.45. The Hall–Kier alpha value is -0.865. The van der Waals surface area contributed by atoms with Gasteiger partial charge in [-0.3, -0.25) is 4.98 Å². The first kappa shape index (κ1) is 20.2. The van der Waals surface area contributed by atoms with E-state index in [4.69, 9.17) is 9.64 Å². The quantitative estimate of drug-likeness (QED) is 0.867. The van der Waals surface area contributed by atoms with E-state index in [1.807, 2.05) is 13.8 Å². The van der Waals surface area contributed by atoms with Crippen LogP contribution in [0.3, 0.4) is 0 Å². The molecule has 0 aliphatic carbocycles. The molecular formula is C19H34BNO2. The Morgan fingerprint density at radius 1 is 0.826 bits per heavy atom. The molecule has 4 heteroatoms. The number of aromatic nitrogens is 1. The molecule has 1 heterocycles. The predicted molar refractivity (Wildman–Crippen MR) is 99.9 cm³/mol. The molecule has 0 unspecified atom stereocenters. The van der Waals surface area contributed by atoms with Gasteiger partial charge >= 0.3 is 7.48 Å². The largest absolute Gasteiger partial charge is 0.427 e. The van der Waals surface area contributed by atoms with Crippen molar-refractivity contribution in [2.24, 2.45) is 0 Å². The minimum Gasteiger partial charge on any atom is -0.427 e. The fourth-order valence-electron chi connectivity index (χ4n) is 1.88. The van der Waals surface area contributed by atoms with E-state index in [9.17, 15) is 5.11 Å². The summed E-state index contributed by atoms with van der Waals surface area (Å²) in [4.78, 5) is 4.86. The Labute approximate surface area is 143 Å². The summed E-state index contributed by atoms with van der Waals surface area (Å²) in [7, 11) is 0.464. The molecule has 23 heavy (non-hydrogen) atoms. The second-order valence-electron chi connectivity index (χ2n) is 9.60. The Bertz CT molecular complexity index is 514. The molecule has 1 aromatic heterocycles. The fourth-order valence-corrected chi connectivity index (χ4v) is 1.88. The van der Waals surface area contributed by atoms with Gasteiger partial charge in [0.1, 0.15) is 0 Å². The predicted octanol–water partition coefficient (Wildman–Crippen LogP) is 3.22. The summed E-state index contributed by atoms with van der Waals surface area (Å²) in [6.07, 6.45) is 0. The van der Waals surface area contributed by atoms with Crippen molar-refractivity contribution in [3.8, 4) is 0 Å². The average Bonchev–Trinajstić information content (AvgIpc) is 2.32. The van der Waals surface area contributed by atoms with Gasteiger partial charge in [0.25, 0.3) is 0 Å². The van der Waals surface area contributed by atoms with Crippen LogP contribution in [-0.4, -0.2) is 28.8 Å². The van der Waals surface area contributed by atoms with Gasteiger partial charge in [0, 0.05) is 22.2 Å². The number of nitrogens with zero attached hydrogens (tertiary/aromatic N) is 1. The van der Waals surface area contributed by atoms with Crippen LogP contribution in [0.4, 0.5) is 0 Å². The van der Waals surface area contributed by atoms with Gasteiger partial charge in [-0.15, -0.1) is 0 Å². The highest BCUT2D eigenvalue weighted by atomic mass is 16.5. The molecule has 1 aromatic rings. The lowest BCUT2D eigenvalue weighted by molar-refractivity contribution is -0.0893. The molecule has 0 saturated heterocycles. The lowest BCUT2D eigenvalue weighted by Gasteiger charge is -2.37. The Morgan fingerprint density at radius 3 is 1.52 bits per heavy atom. The van der Waals surface area contributed by atoms with E-state index in [0.29, 0.717) is 7.48 Å². The standard InChI is InChI=1S/C19H34BNO2/c1-16(2,3)14-11-13(12-15(21-14)17(4,5)6)20-23-19(9,10)18(7,8)22/h11-12,20,22H,1-10H3. The maximum Gasteiger partial charge on any atom is 0.309 e. The molecule has 3 nitrogen and oxygen atoms in total. The monoisotopic (exact) mass is 319 g/mol. The van der Waals surface area contributed by atoms with E-state index in [2.05, 4.69) is 53.7 Å². The lowest BCUT2D eigenvalue weighted by Crippen LogP contribution is -2.49. The van der Waals surface area contributed by atoms with Crippen molar-refractivity contribution in [2.75, 3.05) is 0 Å². The molecule has 1 N–H and O–H groups in total. The normalized spacial score (nSPS) is 14.0. The van der Waals surface area contributed by atoms with Gasteiger partial charge < -0.3 is 9.76 Å². The molecule has 0 aromatic carbocycles. The zero-order valence-electron chi connectivity index (χ0n) is 16.7. The SMILES string of the molecule is CC(C)(C)c1cc(BOC(C)(C)C(C)(C)O)cc(C(C)(C)C)n1. The number of rotatable bonds is 4. The molecule has 1 rings (SSSR count). The van der Waals surface area contributed by atoms with Gasteiger partial charge in [0.15, 0.2) is 0 Å². The Morgan fingerprint density at radius 2 is 1.22 bits per heavy atom. The zero-order chi connectivity index (χ0) is 18.3. The summed E-state index contributed by atoms with van der Waals surface area (Å²) in [6.45, 7) is 20.4. The molecule has 0 radical (unpaired) electrons. The van der Waals surface area contributed by atoms with Crippen molar-refractivity contribution in [3.63, 3.8) is 0 Å². The van der Waals surface area contributed by atoms with Gasteiger partial charge in [-0.2, -0.15) is 0 Å². The van der Waals surface area contributed by atoms with Crippen LogP contribution in [0.25, 0.3) is 0 Å². The third kappa shape index (κ3) is 5.32. The average molecular weight is 319 g/mol. The summed E-state index contributed by atoms with van der Waals surface area (Å²) in [5.74, 6) is 0. The third-order valence-corrected chi connectivity index (χ3v) is 4.50. The third-order valence-electron chi connectivity index (χ3n) is 4.50.